The number of carbonyl (C=O) groups is 3. The second-order valence-electron chi connectivity index (χ2n) is 6.61. The number of unbranched alkanes of at least 4 members (excludes halogenated alkanes) is 1. The summed E-state index contributed by atoms with van der Waals surface area (Å²) in [5.41, 5.74) is 9.82. The zero-order valence-electron chi connectivity index (χ0n) is 17.4. The number of anilines is 1. The molecule has 172 valence electrons. The van der Waals surface area contributed by atoms with Gasteiger partial charge in [-0.25, -0.2) is 13.2 Å². The van der Waals surface area contributed by atoms with Crippen molar-refractivity contribution in [2.75, 3.05) is 18.4 Å². The second-order valence-corrected chi connectivity index (χ2v) is 8.29. The van der Waals surface area contributed by atoms with Crippen molar-refractivity contribution >= 4 is 33.6 Å². The van der Waals surface area contributed by atoms with Crippen LogP contribution in [0.15, 0.2) is 53.4 Å². The van der Waals surface area contributed by atoms with Crippen LogP contribution < -0.4 is 31.4 Å². The minimum Gasteiger partial charge on any atom is -0.497 e. The molecule has 6 N–H and O–H groups in total. The van der Waals surface area contributed by atoms with Crippen molar-refractivity contribution in [1.29, 1.82) is 0 Å². The maximum Gasteiger partial charge on any atom is 0.312 e. The molecule has 11 nitrogen and oxygen atoms in total. The lowest BCUT2D eigenvalue weighted by Crippen LogP contribution is -2.41. The Bertz CT molecular complexity index is 1060. The van der Waals surface area contributed by atoms with E-state index < -0.39 is 27.9 Å². The number of nitrogens with two attached hydrogens (primary N) is 1. The zero-order chi connectivity index (χ0) is 23.6. The molecular weight excluding hydrogens is 438 g/mol. The van der Waals surface area contributed by atoms with E-state index in [0.717, 1.165) is 0 Å². The van der Waals surface area contributed by atoms with Gasteiger partial charge in [0, 0.05) is 24.2 Å². The van der Waals surface area contributed by atoms with Gasteiger partial charge in [0.25, 0.3) is 15.9 Å². The summed E-state index contributed by atoms with van der Waals surface area (Å²) in [5.74, 6) is -0.520. The number of ether oxygens (including phenoxy) is 1. The molecule has 0 bridgehead atoms. The molecule has 12 heteroatoms. The fraction of sp³-hybridized carbons (Fsp3) is 0.250. The maximum absolute atomic E-state index is 12.6. The second kappa shape index (κ2) is 11.6. The summed E-state index contributed by atoms with van der Waals surface area (Å²) in [6.45, 7) is 0.348. The quantitative estimate of drug-likeness (QED) is 0.261. The molecule has 0 unspecified atom stereocenters. The number of hydrazine groups is 1. The van der Waals surface area contributed by atoms with E-state index in [1.807, 2.05) is 0 Å². The summed E-state index contributed by atoms with van der Waals surface area (Å²) < 4.78 is 32.7. The summed E-state index contributed by atoms with van der Waals surface area (Å²) in [5, 5.41) is 2.41. The number of amides is 4. The highest BCUT2D eigenvalue weighted by Gasteiger charge is 2.17. The van der Waals surface area contributed by atoms with Gasteiger partial charge in [-0.3, -0.25) is 25.2 Å². The van der Waals surface area contributed by atoms with Crippen molar-refractivity contribution in [2.24, 2.45) is 5.73 Å². The lowest BCUT2D eigenvalue weighted by molar-refractivity contribution is -0.121. The van der Waals surface area contributed by atoms with Crippen LogP contribution in [-0.2, 0) is 14.8 Å². The highest BCUT2D eigenvalue weighted by atomic mass is 32.2. The number of sulfonamides is 1. The molecule has 0 heterocycles. The monoisotopic (exact) mass is 463 g/mol. The molecule has 0 radical (unpaired) electrons. The van der Waals surface area contributed by atoms with Crippen molar-refractivity contribution in [3.05, 3.63) is 54.1 Å². The van der Waals surface area contributed by atoms with Crippen molar-refractivity contribution in [2.45, 2.75) is 24.2 Å². The standard InChI is InChI=1S/C20H25N5O6S/c1-31-16-10-8-15(9-11-16)25-32(29,30)17-6-4-5-14(13-17)19(27)24-23-18(26)7-2-3-12-22-20(21)28/h4-6,8-11,13,25H,2-3,7,12H2,1H3,(H,23,26)(H,24,27)(H3,21,22,28). The first-order valence-electron chi connectivity index (χ1n) is 9.60. The van der Waals surface area contributed by atoms with Crippen LogP contribution in [0.25, 0.3) is 0 Å². The van der Waals surface area contributed by atoms with Crippen LogP contribution in [0, 0.1) is 0 Å². The van der Waals surface area contributed by atoms with Crippen molar-refractivity contribution < 1.29 is 27.5 Å². The molecule has 0 aliphatic carbocycles. The van der Waals surface area contributed by atoms with E-state index in [-0.39, 0.29) is 16.9 Å². The number of methoxy groups -OCH3 is 1. The fourth-order valence-electron chi connectivity index (χ4n) is 2.56. The molecule has 0 aliphatic rings. The predicted molar refractivity (Wildman–Crippen MR) is 117 cm³/mol. The third-order valence-corrected chi connectivity index (χ3v) is 5.57. The number of benzene rings is 2. The van der Waals surface area contributed by atoms with Gasteiger partial charge in [0.15, 0.2) is 0 Å². The van der Waals surface area contributed by atoms with Gasteiger partial charge in [0.05, 0.1) is 12.0 Å². The van der Waals surface area contributed by atoms with Gasteiger partial charge in [-0.2, -0.15) is 0 Å². The minimum absolute atomic E-state index is 0.0496. The topological polar surface area (TPSA) is 169 Å². The zero-order valence-corrected chi connectivity index (χ0v) is 18.2. The van der Waals surface area contributed by atoms with Crippen molar-refractivity contribution in [3.8, 4) is 5.75 Å². The summed E-state index contributed by atoms with van der Waals surface area (Å²) in [4.78, 5) is 34.5. The number of carbonyl (C=O) groups excluding carboxylic acids is 3. The van der Waals surface area contributed by atoms with E-state index in [4.69, 9.17) is 10.5 Å². The van der Waals surface area contributed by atoms with Crippen LogP contribution in [0.1, 0.15) is 29.6 Å². The number of nitrogens with one attached hydrogen (secondary N) is 4. The molecule has 0 aromatic heterocycles. The third kappa shape index (κ3) is 7.80. The van der Waals surface area contributed by atoms with Gasteiger partial charge in [0.1, 0.15) is 5.75 Å². The largest absolute Gasteiger partial charge is 0.497 e. The molecule has 0 saturated heterocycles. The van der Waals surface area contributed by atoms with E-state index in [1.165, 1.54) is 31.4 Å². The first-order chi connectivity index (χ1) is 15.2. The van der Waals surface area contributed by atoms with Gasteiger partial charge < -0.3 is 15.8 Å². The van der Waals surface area contributed by atoms with Crippen LogP contribution in [0.5, 0.6) is 5.75 Å². The molecule has 0 atom stereocenters. The Morgan fingerprint density at radius 1 is 1.00 bits per heavy atom. The Hall–Kier alpha value is -3.80. The Morgan fingerprint density at radius 3 is 2.38 bits per heavy atom. The number of hydrogen-bond acceptors (Lipinski definition) is 6. The maximum atomic E-state index is 12.6. The van der Waals surface area contributed by atoms with Gasteiger partial charge >= 0.3 is 6.03 Å². The number of primary amides is 1. The van der Waals surface area contributed by atoms with Gasteiger partial charge in [0.2, 0.25) is 5.91 Å². The summed E-state index contributed by atoms with van der Waals surface area (Å²) in [6, 6.07) is 11.1. The fourth-order valence-corrected chi connectivity index (χ4v) is 3.66. The van der Waals surface area contributed by atoms with E-state index in [0.29, 0.717) is 30.8 Å². The molecule has 4 amide bonds. The van der Waals surface area contributed by atoms with Crippen molar-refractivity contribution in [3.63, 3.8) is 0 Å². The summed E-state index contributed by atoms with van der Waals surface area (Å²) >= 11 is 0. The first-order valence-corrected chi connectivity index (χ1v) is 11.1. The summed E-state index contributed by atoms with van der Waals surface area (Å²) in [7, 11) is -2.44. The van der Waals surface area contributed by atoms with Crippen LogP contribution in [0.3, 0.4) is 0 Å². The summed E-state index contributed by atoms with van der Waals surface area (Å²) in [6.07, 6.45) is 1.15. The van der Waals surface area contributed by atoms with Crippen LogP contribution >= 0.6 is 0 Å². The Labute approximate surface area is 185 Å². The van der Waals surface area contributed by atoms with Gasteiger partial charge in [-0.15, -0.1) is 0 Å². The molecule has 32 heavy (non-hydrogen) atoms. The number of hydrogen-bond donors (Lipinski definition) is 5. The van der Waals surface area contributed by atoms with Crippen LogP contribution in [0.2, 0.25) is 0 Å². The SMILES string of the molecule is COc1ccc(NS(=O)(=O)c2cccc(C(=O)NNC(=O)CCCCNC(N)=O)c2)cc1. The number of urea groups is 1. The van der Waals surface area contributed by atoms with Gasteiger partial charge in [-0.1, -0.05) is 6.07 Å². The van der Waals surface area contributed by atoms with E-state index in [9.17, 15) is 22.8 Å². The lowest BCUT2D eigenvalue weighted by atomic mass is 10.2. The number of rotatable bonds is 10. The molecule has 0 saturated carbocycles. The average molecular weight is 464 g/mol. The Kier molecular flexibility index (Phi) is 8.83. The lowest BCUT2D eigenvalue weighted by Gasteiger charge is -2.11. The molecule has 2 aromatic rings. The van der Waals surface area contributed by atoms with E-state index >= 15 is 0 Å². The van der Waals surface area contributed by atoms with Crippen LogP contribution in [-0.4, -0.2) is 39.9 Å². The van der Waals surface area contributed by atoms with Crippen LogP contribution in [0.4, 0.5) is 10.5 Å². The predicted octanol–water partition coefficient (Wildman–Crippen LogP) is 1.10. The average Bonchev–Trinajstić information content (AvgIpc) is 2.77. The Morgan fingerprint density at radius 2 is 1.72 bits per heavy atom. The molecule has 0 aliphatic heterocycles. The van der Waals surface area contributed by atoms with E-state index in [1.54, 1.807) is 24.3 Å². The highest BCUT2D eigenvalue weighted by molar-refractivity contribution is 7.92. The third-order valence-electron chi connectivity index (χ3n) is 4.19. The van der Waals surface area contributed by atoms with E-state index in [2.05, 4.69) is 20.9 Å². The molecule has 2 aromatic carbocycles. The smallest absolute Gasteiger partial charge is 0.312 e. The minimum atomic E-state index is -3.94. The first kappa shape index (κ1) is 24.5. The highest BCUT2D eigenvalue weighted by Crippen LogP contribution is 2.20. The normalized spacial score (nSPS) is 10.7. The van der Waals surface area contributed by atoms with Gasteiger partial charge in [-0.05, 0) is 55.3 Å². The van der Waals surface area contributed by atoms with Crippen molar-refractivity contribution in [1.82, 2.24) is 16.2 Å². The molecular formula is C20H25N5O6S. The molecule has 0 fully saturated rings. The Balaban J connectivity index is 1.91. The molecule has 2 rings (SSSR count). The molecule has 0 spiro atoms.